The van der Waals surface area contributed by atoms with Crippen molar-refractivity contribution in [1.82, 2.24) is 0 Å². The van der Waals surface area contributed by atoms with Crippen molar-refractivity contribution in [2.45, 2.75) is 26.2 Å². The van der Waals surface area contributed by atoms with Crippen LogP contribution in [0, 0.1) is 0 Å². The van der Waals surface area contributed by atoms with Gasteiger partial charge in [0.15, 0.2) is 0 Å². The highest BCUT2D eigenvalue weighted by Gasteiger charge is 2.15. The molecular weight excluding hydrogens is 228 g/mol. The van der Waals surface area contributed by atoms with Gasteiger partial charge in [0, 0.05) is 13.1 Å². The highest BCUT2D eigenvalue weighted by molar-refractivity contribution is 5.89. The molecule has 0 spiro atoms. The van der Waals surface area contributed by atoms with Crippen molar-refractivity contribution in [2.75, 3.05) is 29.9 Å². The van der Waals surface area contributed by atoms with Crippen LogP contribution in [-0.2, 0) is 4.74 Å². The van der Waals surface area contributed by atoms with Crippen LogP contribution in [0.15, 0.2) is 24.3 Å². The molecule has 1 N–H and O–H groups in total. The summed E-state index contributed by atoms with van der Waals surface area (Å²) in [6.07, 6.45) is 3.34. The Morgan fingerprint density at radius 2 is 2.00 bits per heavy atom. The van der Waals surface area contributed by atoms with Gasteiger partial charge in [-0.2, -0.15) is 0 Å². The third kappa shape index (κ3) is 3.15. The van der Waals surface area contributed by atoms with Crippen molar-refractivity contribution in [2.24, 2.45) is 0 Å². The molecule has 1 aliphatic heterocycles. The van der Waals surface area contributed by atoms with Gasteiger partial charge in [-0.3, -0.25) is 5.32 Å². The quantitative estimate of drug-likeness (QED) is 0.892. The molecule has 4 heteroatoms. The number of nitrogens with one attached hydrogen (secondary N) is 1. The standard InChI is InChI=1S/C14H20N2O2/c1-2-18-14(17)15-12-8-4-5-9-13(12)16-10-6-3-7-11-16/h4-5,8-9H,2-3,6-7,10-11H2,1H3,(H,15,17). The van der Waals surface area contributed by atoms with E-state index in [0.29, 0.717) is 6.61 Å². The molecule has 98 valence electrons. The van der Waals surface area contributed by atoms with E-state index >= 15 is 0 Å². The molecule has 0 saturated carbocycles. The van der Waals surface area contributed by atoms with Crippen LogP contribution in [-0.4, -0.2) is 25.8 Å². The van der Waals surface area contributed by atoms with Crippen LogP contribution >= 0.6 is 0 Å². The van der Waals surface area contributed by atoms with E-state index in [1.807, 2.05) is 24.3 Å². The first-order chi connectivity index (χ1) is 8.81. The van der Waals surface area contributed by atoms with Gasteiger partial charge in [0.1, 0.15) is 0 Å². The smallest absolute Gasteiger partial charge is 0.411 e. The van der Waals surface area contributed by atoms with E-state index in [1.165, 1.54) is 19.3 Å². The Morgan fingerprint density at radius 1 is 1.28 bits per heavy atom. The van der Waals surface area contributed by atoms with Crippen LogP contribution in [0.5, 0.6) is 0 Å². The van der Waals surface area contributed by atoms with E-state index in [1.54, 1.807) is 6.92 Å². The average molecular weight is 248 g/mol. The Morgan fingerprint density at radius 3 is 2.72 bits per heavy atom. The van der Waals surface area contributed by atoms with Gasteiger partial charge in [-0.1, -0.05) is 12.1 Å². The molecule has 2 rings (SSSR count). The maximum atomic E-state index is 11.5. The molecule has 1 saturated heterocycles. The monoisotopic (exact) mass is 248 g/mol. The van der Waals surface area contributed by atoms with E-state index < -0.39 is 0 Å². The van der Waals surface area contributed by atoms with Crippen LogP contribution in [0.2, 0.25) is 0 Å². The second-order valence-corrected chi connectivity index (χ2v) is 4.41. The summed E-state index contributed by atoms with van der Waals surface area (Å²) in [5.41, 5.74) is 1.92. The van der Waals surface area contributed by atoms with Gasteiger partial charge >= 0.3 is 6.09 Å². The SMILES string of the molecule is CCOC(=O)Nc1ccccc1N1CCCCC1. The van der Waals surface area contributed by atoms with Crippen molar-refractivity contribution in [1.29, 1.82) is 0 Å². The largest absolute Gasteiger partial charge is 0.450 e. The summed E-state index contributed by atoms with van der Waals surface area (Å²) in [5, 5.41) is 2.81. The number of hydrogen-bond acceptors (Lipinski definition) is 3. The van der Waals surface area contributed by atoms with E-state index in [-0.39, 0.29) is 6.09 Å². The van der Waals surface area contributed by atoms with Gasteiger partial charge in [-0.15, -0.1) is 0 Å². The lowest BCUT2D eigenvalue weighted by atomic mass is 10.1. The molecule has 1 heterocycles. The Hall–Kier alpha value is -1.71. The number of rotatable bonds is 3. The minimum atomic E-state index is -0.387. The lowest BCUT2D eigenvalue weighted by molar-refractivity contribution is 0.168. The number of para-hydroxylation sites is 2. The van der Waals surface area contributed by atoms with Crippen molar-refractivity contribution < 1.29 is 9.53 Å². The lowest BCUT2D eigenvalue weighted by Gasteiger charge is -2.30. The molecule has 4 nitrogen and oxygen atoms in total. The normalized spacial score (nSPS) is 15.3. The number of amides is 1. The molecular formula is C14H20N2O2. The van der Waals surface area contributed by atoms with Crippen LogP contribution in [0.3, 0.4) is 0 Å². The summed E-state index contributed by atoms with van der Waals surface area (Å²) < 4.78 is 4.92. The number of hydrogen-bond donors (Lipinski definition) is 1. The minimum Gasteiger partial charge on any atom is -0.450 e. The number of anilines is 2. The van der Waals surface area contributed by atoms with Gasteiger partial charge in [0.2, 0.25) is 0 Å². The Balaban J connectivity index is 2.11. The maximum Gasteiger partial charge on any atom is 0.411 e. The molecule has 1 fully saturated rings. The highest BCUT2D eigenvalue weighted by atomic mass is 16.5. The van der Waals surface area contributed by atoms with Crippen LogP contribution in [0.4, 0.5) is 16.2 Å². The second-order valence-electron chi connectivity index (χ2n) is 4.41. The molecule has 1 aromatic carbocycles. The summed E-state index contributed by atoms with van der Waals surface area (Å²) in [5.74, 6) is 0. The zero-order valence-corrected chi connectivity index (χ0v) is 10.8. The third-order valence-electron chi connectivity index (χ3n) is 3.11. The molecule has 0 atom stereocenters. The summed E-state index contributed by atoms with van der Waals surface area (Å²) in [6, 6.07) is 7.89. The van der Waals surface area contributed by atoms with E-state index in [2.05, 4.69) is 10.2 Å². The van der Waals surface area contributed by atoms with E-state index in [4.69, 9.17) is 4.74 Å². The fraction of sp³-hybridized carbons (Fsp3) is 0.500. The summed E-state index contributed by atoms with van der Waals surface area (Å²) in [7, 11) is 0. The minimum absolute atomic E-state index is 0.387. The number of carbonyl (C=O) groups excluding carboxylic acids is 1. The summed E-state index contributed by atoms with van der Waals surface area (Å²) in [4.78, 5) is 13.8. The molecule has 1 aliphatic rings. The fourth-order valence-corrected chi connectivity index (χ4v) is 2.27. The van der Waals surface area contributed by atoms with Crippen molar-refractivity contribution in [3.63, 3.8) is 0 Å². The zero-order chi connectivity index (χ0) is 12.8. The summed E-state index contributed by atoms with van der Waals surface area (Å²) in [6.45, 7) is 4.30. The Labute approximate surface area is 108 Å². The lowest BCUT2D eigenvalue weighted by Crippen LogP contribution is -2.30. The van der Waals surface area contributed by atoms with Crippen molar-refractivity contribution >= 4 is 17.5 Å². The van der Waals surface area contributed by atoms with Crippen LogP contribution in [0.25, 0.3) is 0 Å². The maximum absolute atomic E-state index is 11.5. The van der Waals surface area contributed by atoms with Gasteiger partial charge in [0.05, 0.1) is 18.0 Å². The van der Waals surface area contributed by atoms with Crippen molar-refractivity contribution in [3.8, 4) is 0 Å². The third-order valence-corrected chi connectivity index (χ3v) is 3.11. The first-order valence-electron chi connectivity index (χ1n) is 6.59. The first kappa shape index (κ1) is 12.7. The zero-order valence-electron chi connectivity index (χ0n) is 10.8. The van der Waals surface area contributed by atoms with E-state index in [0.717, 1.165) is 24.5 Å². The number of benzene rings is 1. The van der Waals surface area contributed by atoms with Crippen LogP contribution < -0.4 is 10.2 Å². The molecule has 1 aromatic rings. The molecule has 0 bridgehead atoms. The van der Waals surface area contributed by atoms with Gasteiger partial charge in [-0.05, 0) is 38.3 Å². The van der Waals surface area contributed by atoms with E-state index in [9.17, 15) is 4.79 Å². The number of nitrogens with zero attached hydrogens (tertiary/aromatic N) is 1. The van der Waals surface area contributed by atoms with Crippen molar-refractivity contribution in [3.05, 3.63) is 24.3 Å². The molecule has 0 unspecified atom stereocenters. The molecule has 0 radical (unpaired) electrons. The van der Waals surface area contributed by atoms with Crippen LogP contribution in [0.1, 0.15) is 26.2 Å². The number of piperidine rings is 1. The fourth-order valence-electron chi connectivity index (χ4n) is 2.27. The number of carbonyl (C=O) groups is 1. The topological polar surface area (TPSA) is 41.6 Å². The molecule has 0 aliphatic carbocycles. The first-order valence-corrected chi connectivity index (χ1v) is 6.59. The van der Waals surface area contributed by atoms with Gasteiger partial charge in [0.25, 0.3) is 0 Å². The highest BCUT2D eigenvalue weighted by Crippen LogP contribution is 2.28. The molecule has 0 aromatic heterocycles. The number of ether oxygens (including phenoxy) is 1. The van der Waals surface area contributed by atoms with Gasteiger partial charge < -0.3 is 9.64 Å². The Kier molecular flexibility index (Phi) is 4.45. The molecule has 1 amide bonds. The van der Waals surface area contributed by atoms with Gasteiger partial charge in [-0.25, -0.2) is 4.79 Å². The predicted molar refractivity (Wildman–Crippen MR) is 73.2 cm³/mol. The second kappa shape index (κ2) is 6.28. The molecule has 18 heavy (non-hydrogen) atoms. The Bertz CT molecular complexity index is 401. The average Bonchev–Trinajstić information content (AvgIpc) is 2.40. The predicted octanol–water partition coefficient (Wildman–Crippen LogP) is 3.25. The summed E-state index contributed by atoms with van der Waals surface area (Å²) >= 11 is 0.